The summed E-state index contributed by atoms with van der Waals surface area (Å²) < 4.78 is 1.59. The molecule has 9 heteroatoms. The molecule has 0 bridgehead atoms. The fraction of sp³-hybridized carbons (Fsp3) is 0.250. The van der Waals surface area contributed by atoms with E-state index in [1.165, 1.54) is 34.5 Å². The van der Waals surface area contributed by atoms with Gasteiger partial charge < -0.3 is 0 Å². The lowest BCUT2D eigenvalue weighted by Crippen LogP contribution is -2.20. The van der Waals surface area contributed by atoms with Crippen molar-refractivity contribution in [1.29, 1.82) is 0 Å². The molecular weight excluding hydrogens is 408 g/mol. The average molecular weight is 425 g/mol. The average Bonchev–Trinajstić information content (AvgIpc) is 3.10. The number of fused-ring (bicyclic) bond motifs is 4. The van der Waals surface area contributed by atoms with Gasteiger partial charge in [0.2, 0.25) is 0 Å². The van der Waals surface area contributed by atoms with E-state index in [2.05, 4.69) is 4.98 Å². The smallest absolute Gasteiger partial charge is 0.278 e. The third-order valence-corrected chi connectivity index (χ3v) is 7.62. The molecule has 1 aromatic carbocycles. The van der Waals surface area contributed by atoms with Crippen LogP contribution < -0.4 is 5.56 Å². The molecule has 5 rings (SSSR count). The number of nitro benzene ring substituents is 1. The van der Waals surface area contributed by atoms with Crippen LogP contribution in [-0.4, -0.2) is 19.5 Å². The summed E-state index contributed by atoms with van der Waals surface area (Å²) in [6, 6.07) is 4.94. The van der Waals surface area contributed by atoms with E-state index >= 15 is 0 Å². The molecule has 7 nitrogen and oxygen atoms in total. The fourth-order valence-corrected chi connectivity index (χ4v) is 6.14. The molecule has 0 amide bonds. The van der Waals surface area contributed by atoms with Gasteiger partial charge in [0, 0.05) is 40.7 Å². The Kier molecular flexibility index (Phi) is 4.36. The topological polar surface area (TPSA) is 90.9 Å². The van der Waals surface area contributed by atoms with Crippen LogP contribution in [0.1, 0.15) is 23.3 Å². The van der Waals surface area contributed by atoms with Crippen molar-refractivity contribution in [3.8, 4) is 0 Å². The van der Waals surface area contributed by atoms with Crippen molar-refractivity contribution < 1.29 is 4.92 Å². The number of thiophene rings is 1. The van der Waals surface area contributed by atoms with E-state index < -0.39 is 4.92 Å². The second-order valence-corrected chi connectivity index (χ2v) is 9.11. The summed E-state index contributed by atoms with van der Waals surface area (Å²) in [5.74, 6) is 0. The van der Waals surface area contributed by atoms with Crippen LogP contribution >= 0.6 is 23.1 Å². The Balaban J connectivity index is 1.66. The minimum atomic E-state index is -0.408. The van der Waals surface area contributed by atoms with E-state index in [0.29, 0.717) is 10.5 Å². The predicted octanol–water partition coefficient (Wildman–Crippen LogP) is 4.48. The molecule has 0 radical (unpaired) electrons. The van der Waals surface area contributed by atoms with Crippen LogP contribution in [0.15, 0.2) is 45.4 Å². The van der Waals surface area contributed by atoms with Gasteiger partial charge in [0.05, 0.1) is 15.7 Å². The molecule has 0 unspecified atom stereocenters. The minimum absolute atomic E-state index is 0.0145. The Morgan fingerprint density at radius 1 is 1.21 bits per heavy atom. The van der Waals surface area contributed by atoms with Gasteiger partial charge in [0.25, 0.3) is 11.2 Å². The number of hydrogen-bond acceptors (Lipinski definition) is 7. The van der Waals surface area contributed by atoms with Crippen LogP contribution in [0.3, 0.4) is 0 Å². The zero-order valence-corrected chi connectivity index (χ0v) is 17.2. The van der Waals surface area contributed by atoms with E-state index in [-0.39, 0.29) is 11.2 Å². The van der Waals surface area contributed by atoms with Gasteiger partial charge >= 0.3 is 0 Å². The van der Waals surface area contributed by atoms with Crippen LogP contribution in [0.4, 0.5) is 5.69 Å². The standard InChI is InChI=1S/C20H16N4O3S2/c1-23-19(25)17-12-4-2-3-5-15(12)28-18(17)22-20(23)29-16-7-6-14(24(26)27)13-10-21-9-8-11(13)16/h6-10H,2-5H2,1H3. The maximum atomic E-state index is 13.1. The first-order valence-electron chi connectivity index (χ1n) is 9.25. The minimum Gasteiger partial charge on any atom is -0.290 e. The van der Waals surface area contributed by atoms with E-state index in [1.807, 2.05) is 0 Å². The number of rotatable bonds is 3. The molecule has 146 valence electrons. The molecule has 1 aliphatic rings. The van der Waals surface area contributed by atoms with E-state index in [4.69, 9.17) is 4.98 Å². The van der Waals surface area contributed by atoms with Crippen molar-refractivity contribution in [2.24, 2.45) is 7.05 Å². The monoisotopic (exact) mass is 424 g/mol. The number of aromatic nitrogens is 3. The van der Waals surface area contributed by atoms with Gasteiger partial charge in [-0.2, -0.15) is 0 Å². The van der Waals surface area contributed by atoms with Gasteiger partial charge in [0.15, 0.2) is 5.16 Å². The Morgan fingerprint density at radius 3 is 2.86 bits per heavy atom. The first kappa shape index (κ1) is 18.3. The van der Waals surface area contributed by atoms with E-state index in [9.17, 15) is 14.9 Å². The number of pyridine rings is 1. The maximum absolute atomic E-state index is 13.1. The van der Waals surface area contributed by atoms with Crippen molar-refractivity contribution in [2.75, 3.05) is 0 Å². The Morgan fingerprint density at radius 2 is 2.03 bits per heavy atom. The second kappa shape index (κ2) is 6.93. The van der Waals surface area contributed by atoms with E-state index in [0.717, 1.165) is 46.2 Å². The number of non-ortho nitro benzene ring substituents is 1. The summed E-state index contributed by atoms with van der Waals surface area (Å²) in [5.41, 5.74) is 1.17. The van der Waals surface area contributed by atoms with Gasteiger partial charge in [-0.05, 0) is 43.4 Å². The number of hydrogen-bond donors (Lipinski definition) is 0. The number of aryl methyl sites for hydroxylation is 2. The van der Waals surface area contributed by atoms with Crippen molar-refractivity contribution >= 4 is 49.8 Å². The zero-order valence-electron chi connectivity index (χ0n) is 15.5. The van der Waals surface area contributed by atoms with Gasteiger partial charge in [-0.15, -0.1) is 11.3 Å². The lowest BCUT2D eigenvalue weighted by Gasteiger charge is -2.11. The maximum Gasteiger partial charge on any atom is 0.278 e. The molecule has 0 spiro atoms. The van der Waals surface area contributed by atoms with Gasteiger partial charge in [-0.25, -0.2) is 4.98 Å². The summed E-state index contributed by atoms with van der Waals surface area (Å²) in [6.45, 7) is 0. The first-order valence-corrected chi connectivity index (χ1v) is 10.9. The molecule has 0 fully saturated rings. The molecule has 0 aliphatic heterocycles. The van der Waals surface area contributed by atoms with Crippen molar-refractivity contribution in [2.45, 2.75) is 35.7 Å². The van der Waals surface area contributed by atoms with Crippen LogP contribution in [-0.2, 0) is 19.9 Å². The molecule has 0 saturated heterocycles. The third kappa shape index (κ3) is 2.92. The van der Waals surface area contributed by atoms with Crippen LogP contribution in [0.2, 0.25) is 0 Å². The number of nitro groups is 1. The summed E-state index contributed by atoms with van der Waals surface area (Å²) in [4.78, 5) is 35.7. The summed E-state index contributed by atoms with van der Waals surface area (Å²) in [6.07, 6.45) is 7.34. The predicted molar refractivity (Wildman–Crippen MR) is 114 cm³/mol. The fourth-order valence-electron chi connectivity index (χ4n) is 3.85. The van der Waals surface area contributed by atoms with Crippen molar-refractivity contribution in [1.82, 2.24) is 14.5 Å². The quantitative estimate of drug-likeness (QED) is 0.274. The van der Waals surface area contributed by atoms with Crippen molar-refractivity contribution in [3.05, 3.63) is 61.5 Å². The molecular formula is C20H16N4O3S2. The highest BCUT2D eigenvalue weighted by Crippen LogP contribution is 2.38. The van der Waals surface area contributed by atoms with Gasteiger partial charge in [0.1, 0.15) is 4.83 Å². The highest BCUT2D eigenvalue weighted by Gasteiger charge is 2.22. The summed E-state index contributed by atoms with van der Waals surface area (Å²) >= 11 is 2.97. The number of nitrogens with zero attached hydrogens (tertiary/aromatic N) is 4. The molecule has 3 heterocycles. The lowest BCUT2D eigenvalue weighted by molar-refractivity contribution is -0.383. The Bertz CT molecular complexity index is 1360. The molecule has 1 aliphatic carbocycles. The van der Waals surface area contributed by atoms with Crippen LogP contribution in [0, 0.1) is 10.1 Å². The normalized spacial score (nSPS) is 13.7. The summed E-state index contributed by atoms with van der Waals surface area (Å²) in [7, 11) is 1.74. The Hall–Kier alpha value is -2.78. The molecule has 29 heavy (non-hydrogen) atoms. The molecule has 0 N–H and O–H groups in total. The van der Waals surface area contributed by atoms with E-state index in [1.54, 1.807) is 41.3 Å². The molecule has 4 aromatic rings. The molecule has 0 atom stereocenters. The Labute approximate surface area is 173 Å². The van der Waals surface area contributed by atoms with Gasteiger partial charge in [-0.1, -0.05) is 11.8 Å². The number of benzene rings is 1. The molecule has 0 saturated carbocycles. The zero-order chi connectivity index (χ0) is 20.1. The highest BCUT2D eigenvalue weighted by molar-refractivity contribution is 7.99. The second-order valence-electron chi connectivity index (χ2n) is 7.01. The summed E-state index contributed by atoms with van der Waals surface area (Å²) in [5, 5.41) is 13.9. The van der Waals surface area contributed by atoms with Crippen LogP contribution in [0.5, 0.6) is 0 Å². The first-order chi connectivity index (χ1) is 14.0. The van der Waals surface area contributed by atoms with Gasteiger partial charge in [-0.3, -0.25) is 24.5 Å². The lowest BCUT2D eigenvalue weighted by atomic mass is 9.97. The largest absolute Gasteiger partial charge is 0.290 e. The highest BCUT2D eigenvalue weighted by atomic mass is 32.2. The third-order valence-electron chi connectivity index (χ3n) is 5.31. The molecule has 3 aromatic heterocycles. The van der Waals surface area contributed by atoms with Crippen molar-refractivity contribution in [3.63, 3.8) is 0 Å². The van der Waals surface area contributed by atoms with Crippen LogP contribution in [0.25, 0.3) is 21.0 Å². The SMILES string of the molecule is Cn1c(Sc2ccc([N+](=O)[O-])c3cnccc23)nc2sc3c(c2c1=O)CCCC3.